The summed E-state index contributed by atoms with van der Waals surface area (Å²) in [4.78, 5) is 0. The molecule has 35 heavy (non-hydrogen) atoms. The first-order chi connectivity index (χ1) is 17.1. The van der Waals surface area contributed by atoms with Gasteiger partial charge in [-0.15, -0.1) is 0 Å². The van der Waals surface area contributed by atoms with Crippen LogP contribution in [0.5, 0.6) is 5.75 Å². The van der Waals surface area contributed by atoms with E-state index in [2.05, 4.69) is 13.8 Å². The Kier molecular flexibility index (Phi) is 20.3. The lowest BCUT2D eigenvalue weighted by Gasteiger charge is -2.29. The number of aromatic hydroxyl groups is 1. The quantitative estimate of drug-likeness (QED) is 0.134. The van der Waals surface area contributed by atoms with Crippen molar-refractivity contribution in [1.29, 1.82) is 0 Å². The van der Waals surface area contributed by atoms with Crippen molar-refractivity contribution in [3.05, 3.63) is 29.8 Å². The SMILES string of the molecule is CCCCCCCCCCCCC(O)(CCCCCCCCCCCC)CCc1ccccc1O. The van der Waals surface area contributed by atoms with Crippen LogP contribution in [0.15, 0.2) is 24.3 Å². The highest BCUT2D eigenvalue weighted by atomic mass is 16.3. The maximum absolute atomic E-state index is 11.5. The van der Waals surface area contributed by atoms with E-state index in [0.29, 0.717) is 5.75 Å². The molecule has 0 aliphatic rings. The van der Waals surface area contributed by atoms with Crippen LogP contribution in [-0.2, 0) is 6.42 Å². The Morgan fingerprint density at radius 1 is 0.514 bits per heavy atom. The summed E-state index contributed by atoms with van der Waals surface area (Å²) in [5.74, 6) is 0.368. The molecule has 0 amide bonds. The van der Waals surface area contributed by atoms with E-state index >= 15 is 0 Å². The molecular formula is C33H60O2. The molecule has 0 fully saturated rings. The highest BCUT2D eigenvalue weighted by Crippen LogP contribution is 2.30. The number of phenols is 1. The lowest BCUT2D eigenvalue weighted by Crippen LogP contribution is -2.29. The van der Waals surface area contributed by atoms with Crippen LogP contribution in [0.2, 0.25) is 0 Å². The minimum Gasteiger partial charge on any atom is -0.508 e. The molecule has 0 saturated carbocycles. The third-order valence-corrected chi connectivity index (χ3v) is 7.84. The summed E-state index contributed by atoms with van der Waals surface area (Å²) in [5.41, 5.74) is 0.389. The smallest absolute Gasteiger partial charge is 0.118 e. The van der Waals surface area contributed by atoms with Gasteiger partial charge >= 0.3 is 0 Å². The van der Waals surface area contributed by atoms with Crippen LogP contribution in [-0.4, -0.2) is 15.8 Å². The molecule has 204 valence electrons. The third-order valence-electron chi connectivity index (χ3n) is 7.84. The zero-order chi connectivity index (χ0) is 25.5. The Balaban J connectivity index is 2.29. The van der Waals surface area contributed by atoms with Crippen LogP contribution in [0.1, 0.15) is 167 Å². The van der Waals surface area contributed by atoms with Crippen molar-refractivity contribution in [2.75, 3.05) is 0 Å². The molecule has 0 bridgehead atoms. The van der Waals surface area contributed by atoms with E-state index in [1.807, 2.05) is 18.2 Å². The highest BCUT2D eigenvalue weighted by Gasteiger charge is 2.26. The van der Waals surface area contributed by atoms with Crippen LogP contribution >= 0.6 is 0 Å². The van der Waals surface area contributed by atoms with Gasteiger partial charge in [-0.2, -0.15) is 0 Å². The van der Waals surface area contributed by atoms with Gasteiger partial charge in [0.2, 0.25) is 0 Å². The molecule has 1 rings (SSSR count). The van der Waals surface area contributed by atoms with E-state index in [1.165, 1.54) is 116 Å². The molecule has 2 N–H and O–H groups in total. The zero-order valence-electron chi connectivity index (χ0n) is 23.7. The molecule has 2 nitrogen and oxygen atoms in total. The van der Waals surface area contributed by atoms with Gasteiger partial charge in [0, 0.05) is 0 Å². The molecule has 0 atom stereocenters. The number of hydrogen-bond acceptors (Lipinski definition) is 2. The summed E-state index contributed by atoms with van der Waals surface area (Å²) in [7, 11) is 0. The molecule has 1 aromatic rings. The molecule has 0 spiro atoms. The summed E-state index contributed by atoms with van der Waals surface area (Å²) in [5, 5.41) is 21.7. The van der Waals surface area contributed by atoms with Crippen molar-refractivity contribution in [2.24, 2.45) is 0 Å². The van der Waals surface area contributed by atoms with Crippen molar-refractivity contribution in [3.8, 4) is 5.75 Å². The van der Waals surface area contributed by atoms with E-state index < -0.39 is 5.60 Å². The number of aliphatic hydroxyl groups is 1. The van der Waals surface area contributed by atoms with Gasteiger partial charge in [0.1, 0.15) is 5.75 Å². The average molecular weight is 489 g/mol. The first kappa shape index (κ1) is 32.0. The Labute approximate surface area is 219 Å². The fourth-order valence-corrected chi connectivity index (χ4v) is 5.35. The van der Waals surface area contributed by atoms with Crippen LogP contribution in [0.3, 0.4) is 0 Å². The summed E-state index contributed by atoms with van der Waals surface area (Å²) in [6.07, 6.45) is 30.0. The van der Waals surface area contributed by atoms with E-state index in [9.17, 15) is 10.2 Å². The molecule has 0 aliphatic heterocycles. The molecule has 0 aromatic heterocycles. The molecular weight excluding hydrogens is 428 g/mol. The van der Waals surface area contributed by atoms with Gasteiger partial charge in [-0.3, -0.25) is 0 Å². The summed E-state index contributed by atoms with van der Waals surface area (Å²) >= 11 is 0. The molecule has 0 radical (unpaired) electrons. The summed E-state index contributed by atoms with van der Waals surface area (Å²) < 4.78 is 0. The molecule has 0 saturated heterocycles. The average Bonchev–Trinajstić information content (AvgIpc) is 2.86. The largest absolute Gasteiger partial charge is 0.508 e. The van der Waals surface area contributed by atoms with Gasteiger partial charge in [0.25, 0.3) is 0 Å². The van der Waals surface area contributed by atoms with Crippen LogP contribution in [0.25, 0.3) is 0 Å². The maximum atomic E-state index is 11.5. The van der Waals surface area contributed by atoms with Crippen molar-refractivity contribution in [1.82, 2.24) is 0 Å². The molecule has 0 aliphatic carbocycles. The number of benzene rings is 1. The van der Waals surface area contributed by atoms with E-state index in [0.717, 1.165) is 44.1 Å². The van der Waals surface area contributed by atoms with Gasteiger partial charge in [-0.25, -0.2) is 0 Å². The second kappa shape index (κ2) is 22.2. The molecule has 2 heteroatoms. The number of hydrogen-bond donors (Lipinski definition) is 2. The first-order valence-corrected chi connectivity index (χ1v) is 15.6. The van der Waals surface area contributed by atoms with Gasteiger partial charge in [-0.05, 0) is 37.3 Å². The van der Waals surface area contributed by atoms with Crippen molar-refractivity contribution >= 4 is 0 Å². The summed E-state index contributed by atoms with van der Waals surface area (Å²) in [6, 6.07) is 7.62. The Morgan fingerprint density at radius 3 is 1.29 bits per heavy atom. The third kappa shape index (κ3) is 18.0. The van der Waals surface area contributed by atoms with Crippen molar-refractivity contribution in [2.45, 2.75) is 174 Å². The highest BCUT2D eigenvalue weighted by molar-refractivity contribution is 5.31. The zero-order valence-corrected chi connectivity index (χ0v) is 23.7. The minimum atomic E-state index is -0.581. The number of unbranched alkanes of at least 4 members (excludes halogenated alkanes) is 18. The van der Waals surface area contributed by atoms with Crippen LogP contribution < -0.4 is 0 Å². The second-order valence-corrected chi connectivity index (χ2v) is 11.2. The second-order valence-electron chi connectivity index (χ2n) is 11.2. The number of aryl methyl sites for hydroxylation is 1. The standard InChI is InChI=1S/C33H60O2/c1-3-5-7-9-11-13-15-17-19-23-28-33(35,30-27-31-25-21-22-26-32(31)34)29-24-20-18-16-14-12-10-8-6-4-2/h21-22,25-26,34-35H,3-20,23-24,27-30H2,1-2H3. The molecule has 0 heterocycles. The van der Waals surface area contributed by atoms with Gasteiger partial charge in [0.15, 0.2) is 0 Å². The van der Waals surface area contributed by atoms with Crippen LogP contribution in [0.4, 0.5) is 0 Å². The Bertz CT molecular complexity index is 558. The van der Waals surface area contributed by atoms with Crippen molar-refractivity contribution < 1.29 is 10.2 Å². The Hall–Kier alpha value is -1.02. The summed E-state index contributed by atoms with van der Waals surface area (Å²) in [6.45, 7) is 4.56. The fourth-order valence-electron chi connectivity index (χ4n) is 5.35. The van der Waals surface area contributed by atoms with E-state index in [-0.39, 0.29) is 0 Å². The lowest BCUT2D eigenvalue weighted by atomic mass is 9.84. The van der Waals surface area contributed by atoms with Gasteiger partial charge in [-0.1, -0.05) is 160 Å². The predicted octanol–water partition coefficient (Wildman–Crippen LogP) is 10.7. The maximum Gasteiger partial charge on any atom is 0.118 e. The van der Waals surface area contributed by atoms with Gasteiger partial charge in [0.05, 0.1) is 5.60 Å². The number of phenolic OH excluding ortho intramolecular Hbond substituents is 1. The normalized spacial score (nSPS) is 11.9. The molecule has 0 unspecified atom stereocenters. The van der Waals surface area contributed by atoms with Crippen molar-refractivity contribution in [3.63, 3.8) is 0 Å². The van der Waals surface area contributed by atoms with Crippen LogP contribution in [0, 0.1) is 0 Å². The topological polar surface area (TPSA) is 40.5 Å². The fraction of sp³-hybridized carbons (Fsp3) is 0.818. The monoisotopic (exact) mass is 488 g/mol. The number of para-hydroxylation sites is 1. The number of rotatable bonds is 25. The predicted molar refractivity (Wildman–Crippen MR) is 154 cm³/mol. The minimum absolute atomic E-state index is 0.368. The van der Waals surface area contributed by atoms with E-state index in [4.69, 9.17) is 0 Å². The van der Waals surface area contributed by atoms with Gasteiger partial charge < -0.3 is 10.2 Å². The molecule has 1 aromatic carbocycles. The van der Waals surface area contributed by atoms with E-state index in [1.54, 1.807) is 6.07 Å². The lowest BCUT2D eigenvalue weighted by molar-refractivity contribution is 0.00958. The first-order valence-electron chi connectivity index (χ1n) is 15.6. The Morgan fingerprint density at radius 2 is 0.886 bits per heavy atom.